The molecule has 30 heavy (non-hydrogen) atoms. The standard InChI is InChI=1S/C20H17ClN6OS2/c1-3-16-24-25-20-27(16)26-18(30-20)13-8-7-11(2)15(10-13)22-19(29)23-17(28)12-5-4-6-14(21)9-12/h4-10H,3H2,1-2H3,(H2,22,23,28,29). The minimum Gasteiger partial charge on any atom is -0.332 e. The van der Waals surface area contributed by atoms with Crippen molar-refractivity contribution in [1.82, 2.24) is 25.1 Å². The van der Waals surface area contributed by atoms with Crippen LogP contribution in [0.2, 0.25) is 5.02 Å². The Labute approximate surface area is 187 Å². The Morgan fingerprint density at radius 1 is 1.23 bits per heavy atom. The summed E-state index contributed by atoms with van der Waals surface area (Å²) in [6.45, 7) is 3.98. The molecule has 10 heteroatoms. The van der Waals surface area contributed by atoms with Crippen molar-refractivity contribution in [2.24, 2.45) is 0 Å². The summed E-state index contributed by atoms with van der Waals surface area (Å²) in [6.07, 6.45) is 0.756. The van der Waals surface area contributed by atoms with Gasteiger partial charge in [-0.05, 0) is 49.0 Å². The molecule has 2 N–H and O–H groups in total. The molecule has 0 aliphatic heterocycles. The third-order valence-corrected chi connectivity index (χ3v) is 5.81. The van der Waals surface area contributed by atoms with E-state index in [1.54, 1.807) is 28.8 Å². The van der Waals surface area contributed by atoms with Crippen molar-refractivity contribution in [2.45, 2.75) is 20.3 Å². The number of nitrogens with one attached hydrogen (secondary N) is 2. The van der Waals surface area contributed by atoms with E-state index in [0.29, 0.717) is 10.6 Å². The molecule has 0 bridgehead atoms. The number of hydrogen-bond donors (Lipinski definition) is 2. The first kappa shape index (κ1) is 20.4. The predicted octanol–water partition coefficient (Wildman–Crippen LogP) is 4.50. The molecule has 2 aromatic heterocycles. The van der Waals surface area contributed by atoms with Gasteiger partial charge < -0.3 is 5.32 Å². The summed E-state index contributed by atoms with van der Waals surface area (Å²) in [7, 11) is 0. The van der Waals surface area contributed by atoms with Gasteiger partial charge in [-0.15, -0.1) is 10.2 Å². The molecule has 0 atom stereocenters. The van der Waals surface area contributed by atoms with Gasteiger partial charge in [-0.3, -0.25) is 10.1 Å². The second-order valence-corrected chi connectivity index (χ2v) is 8.32. The van der Waals surface area contributed by atoms with Gasteiger partial charge in [0.1, 0.15) is 5.01 Å². The molecule has 0 aliphatic carbocycles. The summed E-state index contributed by atoms with van der Waals surface area (Å²) in [5.41, 5.74) is 3.12. The number of carbonyl (C=O) groups excluding carboxylic acids is 1. The van der Waals surface area contributed by atoms with Crippen LogP contribution in [0.4, 0.5) is 5.69 Å². The molecule has 152 valence electrons. The molecule has 4 rings (SSSR count). The van der Waals surface area contributed by atoms with Crippen LogP contribution in [0.25, 0.3) is 15.5 Å². The van der Waals surface area contributed by atoms with E-state index in [-0.39, 0.29) is 11.0 Å². The lowest BCUT2D eigenvalue weighted by molar-refractivity contribution is 0.0977. The number of halogens is 1. The molecule has 0 fully saturated rings. The first-order valence-corrected chi connectivity index (χ1v) is 10.7. The van der Waals surface area contributed by atoms with E-state index < -0.39 is 0 Å². The largest absolute Gasteiger partial charge is 0.332 e. The number of amides is 1. The highest BCUT2D eigenvalue weighted by Crippen LogP contribution is 2.29. The van der Waals surface area contributed by atoms with Gasteiger partial charge in [0.25, 0.3) is 5.91 Å². The van der Waals surface area contributed by atoms with Gasteiger partial charge >= 0.3 is 0 Å². The maximum Gasteiger partial charge on any atom is 0.257 e. The number of rotatable bonds is 4. The van der Waals surface area contributed by atoms with Crippen molar-refractivity contribution >= 4 is 56.8 Å². The van der Waals surface area contributed by atoms with Gasteiger partial charge in [0.2, 0.25) is 4.96 Å². The van der Waals surface area contributed by atoms with E-state index in [2.05, 4.69) is 25.9 Å². The Hall–Kier alpha value is -2.88. The first-order chi connectivity index (χ1) is 14.4. The van der Waals surface area contributed by atoms with Crippen LogP contribution < -0.4 is 10.6 Å². The minimum absolute atomic E-state index is 0.201. The van der Waals surface area contributed by atoms with Crippen molar-refractivity contribution < 1.29 is 4.79 Å². The number of benzene rings is 2. The molecule has 0 saturated heterocycles. The monoisotopic (exact) mass is 456 g/mol. The van der Waals surface area contributed by atoms with Crippen LogP contribution in [0.15, 0.2) is 42.5 Å². The smallest absolute Gasteiger partial charge is 0.257 e. The zero-order valence-corrected chi connectivity index (χ0v) is 18.5. The van der Waals surface area contributed by atoms with Crippen LogP contribution in [0.1, 0.15) is 28.7 Å². The fraction of sp³-hybridized carbons (Fsp3) is 0.150. The molecular weight excluding hydrogens is 440 g/mol. The highest BCUT2D eigenvalue weighted by molar-refractivity contribution is 7.80. The van der Waals surface area contributed by atoms with Gasteiger partial charge in [-0.1, -0.05) is 48.1 Å². The predicted molar refractivity (Wildman–Crippen MR) is 123 cm³/mol. The molecule has 4 aromatic rings. The molecule has 7 nitrogen and oxygen atoms in total. The molecule has 2 heterocycles. The molecule has 0 saturated carbocycles. The maximum atomic E-state index is 12.4. The lowest BCUT2D eigenvalue weighted by Crippen LogP contribution is -2.34. The van der Waals surface area contributed by atoms with Gasteiger partial charge in [-0.2, -0.15) is 9.61 Å². The molecule has 1 amide bonds. The quantitative estimate of drug-likeness (QED) is 0.440. The van der Waals surface area contributed by atoms with Gasteiger partial charge in [0.05, 0.1) is 0 Å². The van der Waals surface area contributed by atoms with E-state index in [9.17, 15) is 4.79 Å². The number of aromatic nitrogens is 4. The number of nitrogens with zero attached hydrogens (tertiary/aromatic N) is 4. The molecule has 0 spiro atoms. The molecular formula is C20H17ClN6OS2. The number of aryl methyl sites for hydroxylation is 2. The third kappa shape index (κ3) is 4.18. The number of carbonyl (C=O) groups is 1. The fourth-order valence-electron chi connectivity index (χ4n) is 2.84. The van der Waals surface area contributed by atoms with Crippen LogP contribution in [-0.2, 0) is 6.42 Å². The van der Waals surface area contributed by atoms with Crippen molar-refractivity contribution in [3.05, 3.63) is 64.4 Å². The van der Waals surface area contributed by atoms with E-state index in [1.807, 2.05) is 32.0 Å². The van der Waals surface area contributed by atoms with E-state index in [1.165, 1.54) is 11.3 Å². The van der Waals surface area contributed by atoms with Crippen molar-refractivity contribution in [3.8, 4) is 10.6 Å². The normalized spacial score (nSPS) is 10.9. The summed E-state index contributed by atoms with van der Waals surface area (Å²) in [6, 6.07) is 12.6. The van der Waals surface area contributed by atoms with Crippen LogP contribution in [0.5, 0.6) is 0 Å². The number of fused-ring (bicyclic) bond motifs is 1. The van der Waals surface area contributed by atoms with Gasteiger partial charge in [0.15, 0.2) is 10.9 Å². The minimum atomic E-state index is -0.329. The Bertz CT molecular complexity index is 1270. The summed E-state index contributed by atoms with van der Waals surface area (Å²) in [5.74, 6) is 0.493. The van der Waals surface area contributed by atoms with Crippen molar-refractivity contribution in [3.63, 3.8) is 0 Å². The van der Waals surface area contributed by atoms with E-state index >= 15 is 0 Å². The average Bonchev–Trinajstić information content (AvgIpc) is 3.30. The van der Waals surface area contributed by atoms with Crippen LogP contribution in [-0.4, -0.2) is 30.8 Å². The lowest BCUT2D eigenvalue weighted by atomic mass is 10.1. The third-order valence-electron chi connectivity index (χ3n) is 4.42. The highest BCUT2D eigenvalue weighted by atomic mass is 35.5. The number of thiocarbonyl (C=S) groups is 1. The van der Waals surface area contributed by atoms with Crippen molar-refractivity contribution in [1.29, 1.82) is 0 Å². The van der Waals surface area contributed by atoms with Crippen LogP contribution >= 0.6 is 35.2 Å². The zero-order valence-electron chi connectivity index (χ0n) is 16.1. The van der Waals surface area contributed by atoms with Gasteiger partial charge in [0, 0.05) is 28.3 Å². The summed E-state index contributed by atoms with van der Waals surface area (Å²) < 4.78 is 1.77. The van der Waals surface area contributed by atoms with E-state index in [4.69, 9.17) is 23.8 Å². The Morgan fingerprint density at radius 2 is 2.07 bits per heavy atom. The SMILES string of the molecule is CCc1nnc2sc(-c3ccc(C)c(NC(=S)NC(=O)c4cccc(Cl)c4)c3)nn12. The summed E-state index contributed by atoms with van der Waals surface area (Å²) >= 11 is 12.7. The summed E-state index contributed by atoms with van der Waals surface area (Å²) in [5, 5.41) is 20.2. The molecule has 2 aromatic carbocycles. The molecule has 0 unspecified atom stereocenters. The Balaban J connectivity index is 1.53. The second kappa shape index (κ2) is 8.47. The Kier molecular flexibility index (Phi) is 5.76. The fourth-order valence-corrected chi connectivity index (χ4v) is 4.09. The van der Waals surface area contributed by atoms with Crippen molar-refractivity contribution in [2.75, 3.05) is 5.32 Å². The maximum absolute atomic E-state index is 12.4. The highest BCUT2D eigenvalue weighted by Gasteiger charge is 2.14. The Morgan fingerprint density at radius 3 is 2.83 bits per heavy atom. The average molecular weight is 457 g/mol. The summed E-state index contributed by atoms with van der Waals surface area (Å²) in [4.78, 5) is 13.1. The number of anilines is 1. The van der Waals surface area contributed by atoms with Crippen LogP contribution in [0.3, 0.4) is 0 Å². The number of hydrogen-bond acceptors (Lipinski definition) is 6. The zero-order chi connectivity index (χ0) is 21.3. The first-order valence-electron chi connectivity index (χ1n) is 9.14. The topological polar surface area (TPSA) is 84.2 Å². The van der Waals surface area contributed by atoms with Gasteiger partial charge in [-0.25, -0.2) is 0 Å². The molecule has 0 radical (unpaired) electrons. The second-order valence-electron chi connectivity index (χ2n) is 6.52. The van der Waals surface area contributed by atoms with E-state index in [0.717, 1.165) is 39.0 Å². The molecule has 0 aliphatic rings. The van der Waals surface area contributed by atoms with Crippen LogP contribution in [0, 0.1) is 6.92 Å². The lowest BCUT2D eigenvalue weighted by Gasteiger charge is -2.13.